The minimum atomic E-state index is -0.130. The summed E-state index contributed by atoms with van der Waals surface area (Å²) in [4.78, 5) is 11.7. The first-order valence-corrected chi connectivity index (χ1v) is 7.37. The molecule has 0 aromatic carbocycles. The Labute approximate surface area is 119 Å². The van der Waals surface area contributed by atoms with E-state index in [2.05, 4.69) is 6.92 Å². The average molecular weight is 274 g/mol. The number of unbranched alkanes of at least 4 members (excludes halogenated alkanes) is 4. The van der Waals surface area contributed by atoms with E-state index in [4.69, 9.17) is 4.42 Å². The van der Waals surface area contributed by atoms with Crippen LogP contribution in [0.15, 0.2) is 27.6 Å². The van der Waals surface area contributed by atoms with Gasteiger partial charge in [-0.2, -0.15) is 0 Å². The minimum absolute atomic E-state index is 0.0331. The predicted molar refractivity (Wildman–Crippen MR) is 80.5 cm³/mol. The molecule has 0 bridgehead atoms. The van der Waals surface area contributed by atoms with Gasteiger partial charge in [-0.1, -0.05) is 32.6 Å². The van der Waals surface area contributed by atoms with Crippen molar-refractivity contribution in [2.45, 2.75) is 52.4 Å². The Balaban J connectivity index is 2.12. The molecule has 0 aromatic rings. The summed E-state index contributed by atoms with van der Waals surface area (Å²) in [6.45, 7) is 3.83. The van der Waals surface area contributed by atoms with Crippen molar-refractivity contribution in [3.05, 3.63) is 39.9 Å². The zero-order chi connectivity index (χ0) is 14.5. The lowest BCUT2D eigenvalue weighted by Gasteiger charge is -2.10. The van der Waals surface area contributed by atoms with Crippen molar-refractivity contribution in [1.29, 1.82) is 0 Å². The minimum Gasteiger partial charge on any atom is -0.507 e. The summed E-state index contributed by atoms with van der Waals surface area (Å²) in [6, 6.07) is 3.44. The molecule has 3 heteroatoms. The Hall–Kier alpha value is -1.77. The fraction of sp³-hybridized carbons (Fsp3) is 0.471. The second-order valence-corrected chi connectivity index (χ2v) is 5.36. The smallest absolute Gasteiger partial charge is 0.185 e. The molecule has 1 N–H and O–H groups in total. The van der Waals surface area contributed by atoms with Crippen molar-refractivity contribution >= 4 is 0 Å². The molecule has 0 spiro atoms. The van der Waals surface area contributed by atoms with E-state index in [1.807, 2.05) is 6.07 Å². The van der Waals surface area contributed by atoms with Crippen molar-refractivity contribution in [1.82, 2.24) is 0 Å². The van der Waals surface area contributed by atoms with Crippen LogP contribution >= 0.6 is 0 Å². The lowest BCUT2D eigenvalue weighted by Crippen LogP contribution is -2.05. The van der Waals surface area contributed by atoms with Gasteiger partial charge in [0.05, 0.1) is 5.56 Å². The molecule has 2 aliphatic rings. The molecule has 0 atom stereocenters. The number of hydrogen-bond donors (Lipinski definition) is 1. The monoisotopic (exact) mass is 274 g/mol. The van der Waals surface area contributed by atoms with Gasteiger partial charge in [-0.05, 0) is 31.0 Å². The van der Waals surface area contributed by atoms with Crippen LogP contribution in [0.4, 0.5) is 0 Å². The fourth-order valence-corrected chi connectivity index (χ4v) is 2.40. The molecule has 0 aromatic heterocycles. The van der Waals surface area contributed by atoms with Crippen LogP contribution in [0.3, 0.4) is 0 Å². The van der Waals surface area contributed by atoms with Gasteiger partial charge in [0, 0.05) is 12.0 Å². The highest BCUT2D eigenvalue weighted by Crippen LogP contribution is 2.32. The molecule has 1 aliphatic heterocycles. The third kappa shape index (κ3) is 3.21. The number of phenols is 1. The van der Waals surface area contributed by atoms with Crippen LogP contribution in [0.5, 0.6) is 5.75 Å². The number of benzene rings is 1. The first-order chi connectivity index (χ1) is 9.63. The number of hydrogen-bond acceptors (Lipinski definition) is 3. The average Bonchev–Trinajstić information content (AvgIpc) is 2.44. The highest BCUT2D eigenvalue weighted by molar-refractivity contribution is 5.72. The van der Waals surface area contributed by atoms with Crippen LogP contribution < -0.4 is 5.43 Å². The van der Waals surface area contributed by atoms with Gasteiger partial charge in [0.15, 0.2) is 5.43 Å². The summed E-state index contributed by atoms with van der Waals surface area (Å²) in [5.41, 5.74) is 1.61. The lowest BCUT2D eigenvalue weighted by molar-refractivity contribution is 0.456. The third-order valence-corrected chi connectivity index (χ3v) is 3.75. The van der Waals surface area contributed by atoms with E-state index in [9.17, 15) is 9.90 Å². The maximum Gasteiger partial charge on any atom is 0.185 e. The second-order valence-electron chi connectivity index (χ2n) is 5.36. The third-order valence-electron chi connectivity index (χ3n) is 3.75. The zero-order valence-electron chi connectivity index (χ0n) is 12.2. The zero-order valence-corrected chi connectivity index (χ0v) is 12.2. The van der Waals surface area contributed by atoms with E-state index in [0.717, 1.165) is 24.2 Å². The number of fused-ring (bicyclic) bond motifs is 1. The number of rotatable bonds is 6. The quantitative estimate of drug-likeness (QED) is 0.800. The molecular formula is C17H22O3. The summed E-state index contributed by atoms with van der Waals surface area (Å²) in [7, 11) is 0. The highest BCUT2D eigenvalue weighted by Gasteiger charge is 2.14. The molecule has 0 saturated carbocycles. The molecule has 0 radical (unpaired) electrons. The molecule has 20 heavy (non-hydrogen) atoms. The first-order valence-electron chi connectivity index (χ1n) is 7.37. The number of aryl methyl sites for hydroxylation is 1. The first kappa shape index (κ1) is 14.6. The molecule has 3 nitrogen and oxygen atoms in total. The number of aromatic hydroxyl groups is 1. The highest BCUT2D eigenvalue weighted by atomic mass is 16.3. The molecule has 0 fully saturated rings. The molecule has 2 rings (SSSR count). The second kappa shape index (κ2) is 6.60. The van der Waals surface area contributed by atoms with E-state index < -0.39 is 0 Å². The van der Waals surface area contributed by atoms with Crippen molar-refractivity contribution in [3.63, 3.8) is 0 Å². The summed E-state index contributed by atoms with van der Waals surface area (Å²) >= 11 is 0. The topological polar surface area (TPSA) is 50.4 Å². The maximum atomic E-state index is 11.7. The van der Waals surface area contributed by atoms with E-state index >= 15 is 0 Å². The van der Waals surface area contributed by atoms with Gasteiger partial charge in [-0.3, -0.25) is 4.79 Å². The van der Waals surface area contributed by atoms with Crippen molar-refractivity contribution in [2.75, 3.05) is 0 Å². The van der Waals surface area contributed by atoms with Crippen LogP contribution in [0, 0.1) is 6.92 Å². The molecule has 0 saturated heterocycles. The largest absolute Gasteiger partial charge is 0.507 e. The molecule has 108 valence electrons. The summed E-state index contributed by atoms with van der Waals surface area (Å²) in [6.07, 6.45) is 8.51. The predicted octanol–water partition coefficient (Wildman–Crippen LogP) is 4.27. The van der Waals surface area contributed by atoms with Gasteiger partial charge in [-0.25, -0.2) is 0 Å². The van der Waals surface area contributed by atoms with E-state index in [-0.39, 0.29) is 11.2 Å². The maximum absolute atomic E-state index is 11.7. The lowest BCUT2D eigenvalue weighted by atomic mass is 10.00. The Morgan fingerprint density at radius 3 is 2.65 bits per heavy atom. The molecule has 0 amide bonds. The van der Waals surface area contributed by atoms with E-state index in [1.165, 1.54) is 25.7 Å². The van der Waals surface area contributed by atoms with E-state index in [1.54, 1.807) is 19.3 Å². The summed E-state index contributed by atoms with van der Waals surface area (Å²) in [5, 5.41) is 9.94. The van der Waals surface area contributed by atoms with Gasteiger partial charge in [0.2, 0.25) is 0 Å². The Morgan fingerprint density at radius 1 is 1.15 bits per heavy atom. The Morgan fingerprint density at radius 2 is 1.90 bits per heavy atom. The SMILES string of the molecule is CCCCCCCc1cc2cc(=O)c(C)c(O)c-2co1. The standard InChI is InChI=1S/C17H22O3/c1-3-4-5-6-7-8-14-9-13-10-16(18)12(2)17(19)15(13)11-20-14/h9-11,19H,3-8H2,1-2H3. The molecular weight excluding hydrogens is 252 g/mol. The fourth-order valence-electron chi connectivity index (χ4n) is 2.40. The van der Waals surface area contributed by atoms with Gasteiger partial charge in [0.1, 0.15) is 17.8 Å². The van der Waals surface area contributed by atoms with Gasteiger partial charge in [0.25, 0.3) is 0 Å². The normalized spacial score (nSPS) is 11.1. The molecule has 1 heterocycles. The van der Waals surface area contributed by atoms with Crippen LogP contribution in [-0.2, 0) is 6.42 Å². The van der Waals surface area contributed by atoms with Crippen molar-refractivity contribution in [2.24, 2.45) is 0 Å². The van der Waals surface area contributed by atoms with Gasteiger partial charge < -0.3 is 9.52 Å². The van der Waals surface area contributed by atoms with E-state index in [0.29, 0.717) is 11.1 Å². The van der Waals surface area contributed by atoms with Gasteiger partial charge >= 0.3 is 0 Å². The Bertz CT molecular complexity index is 598. The number of phenolic OH excluding ortho intramolecular Hbond substituents is 1. The van der Waals surface area contributed by atoms with Crippen LogP contribution in [-0.4, -0.2) is 5.11 Å². The summed E-state index contributed by atoms with van der Waals surface area (Å²) < 4.78 is 5.56. The molecule has 1 aliphatic carbocycles. The van der Waals surface area contributed by atoms with Crippen molar-refractivity contribution in [3.8, 4) is 16.9 Å². The van der Waals surface area contributed by atoms with Crippen LogP contribution in [0.1, 0.15) is 50.4 Å². The van der Waals surface area contributed by atoms with Crippen molar-refractivity contribution < 1.29 is 9.52 Å². The Kier molecular flexibility index (Phi) is 4.83. The summed E-state index contributed by atoms with van der Waals surface area (Å²) in [5.74, 6) is 0.905. The van der Waals surface area contributed by atoms with Gasteiger partial charge in [-0.15, -0.1) is 0 Å². The van der Waals surface area contributed by atoms with Crippen LogP contribution in [0.25, 0.3) is 11.1 Å². The van der Waals surface area contributed by atoms with Crippen LogP contribution in [0.2, 0.25) is 0 Å². The molecule has 0 unspecified atom stereocenters.